The molecule has 0 radical (unpaired) electrons. The molecular formula is C15H13N3OS. The van der Waals surface area contributed by atoms with E-state index in [0.29, 0.717) is 5.75 Å². The van der Waals surface area contributed by atoms with Crippen molar-refractivity contribution in [3.8, 4) is 11.4 Å². The summed E-state index contributed by atoms with van der Waals surface area (Å²) in [4.78, 5) is 12.3. The van der Waals surface area contributed by atoms with E-state index in [0.717, 1.165) is 22.0 Å². The molecule has 100 valence electrons. The molecule has 1 N–H and O–H groups in total. The first-order valence-electron chi connectivity index (χ1n) is 6.21. The predicted molar refractivity (Wildman–Crippen MR) is 78.4 cm³/mol. The number of rotatable bonds is 4. The van der Waals surface area contributed by atoms with Crippen LogP contribution in [-0.2, 0) is 16.6 Å². The minimum atomic E-state index is -1.15. The molecular weight excluding hydrogens is 270 g/mol. The number of nitrogens with one attached hydrogen (secondary N) is 1. The third kappa shape index (κ3) is 2.67. The number of imidazole rings is 1. The summed E-state index contributed by atoms with van der Waals surface area (Å²) in [5, 5.41) is 0. The van der Waals surface area contributed by atoms with Crippen molar-refractivity contribution in [2.24, 2.45) is 0 Å². The molecule has 4 nitrogen and oxygen atoms in total. The number of pyridine rings is 1. The van der Waals surface area contributed by atoms with Crippen LogP contribution in [0.4, 0.5) is 0 Å². The number of aromatic nitrogens is 3. The first-order chi connectivity index (χ1) is 9.84. The molecule has 0 aliphatic heterocycles. The van der Waals surface area contributed by atoms with Crippen molar-refractivity contribution in [3.05, 3.63) is 66.7 Å². The number of hydrogen-bond acceptors (Lipinski definition) is 3. The molecule has 3 rings (SSSR count). The Kier molecular flexibility index (Phi) is 3.69. The van der Waals surface area contributed by atoms with Gasteiger partial charge in [0.25, 0.3) is 0 Å². The largest absolute Gasteiger partial charge is 0.345 e. The minimum absolute atomic E-state index is 0.401. The van der Waals surface area contributed by atoms with Gasteiger partial charge in [-0.25, -0.2) is 4.98 Å². The number of nitrogens with zero attached hydrogens (tertiary/aromatic N) is 2. The lowest BCUT2D eigenvalue weighted by Gasteiger charge is -2.07. The summed E-state index contributed by atoms with van der Waals surface area (Å²) < 4.78 is 12.6. The fourth-order valence-electron chi connectivity index (χ4n) is 1.97. The zero-order chi connectivity index (χ0) is 13.8. The zero-order valence-electron chi connectivity index (χ0n) is 10.7. The maximum absolute atomic E-state index is 12.6. The van der Waals surface area contributed by atoms with Gasteiger partial charge in [-0.05, 0) is 18.2 Å². The van der Waals surface area contributed by atoms with E-state index >= 15 is 0 Å². The Morgan fingerprint density at radius 1 is 1.00 bits per heavy atom. The second kappa shape index (κ2) is 5.79. The van der Waals surface area contributed by atoms with Gasteiger partial charge >= 0.3 is 0 Å². The summed E-state index contributed by atoms with van der Waals surface area (Å²) in [5.41, 5.74) is 1.69. The molecule has 0 saturated heterocycles. The summed E-state index contributed by atoms with van der Waals surface area (Å²) in [6, 6.07) is 13.2. The van der Waals surface area contributed by atoms with Crippen LogP contribution in [0, 0.1) is 0 Å². The number of aromatic amines is 1. The second-order valence-electron chi connectivity index (χ2n) is 4.24. The smallest absolute Gasteiger partial charge is 0.138 e. The highest BCUT2D eigenvalue weighted by Crippen LogP contribution is 2.24. The fourth-order valence-corrected chi connectivity index (χ4v) is 3.20. The van der Waals surface area contributed by atoms with Gasteiger partial charge in [0.05, 0.1) is 27.1 Å². The SMILES string of the molecule is O=S(Cc1ccccn1)c1ccccc1-c1ncc[nH]1. The van der Waals surface area contributed by atoms with Crippen LogP contribution in [0.15, 0.2) is 66.0 Å². The molecule has 0 bridgehead atoms. The molecule has 0 aliphatic carbocycles. The van der Waals surface area contributed by atoms with E-state index in [4.69, 9.17) is 0 Å². The molecule has 20 heavy (non-hydrogen) atoms. The monoisotopic (exact) mass is 283 g/mol. The highest BCUT2D eigenvalue weighted by atomic mass is 32.2. The van der Waals surface area contributed by atoms with Crippen molar-refractivity contribution < 1.29 is 4.21 Å². The number of benzene rings is 1. The maximum Gasteiger partial charge on any atom is 0.138 e. The highest BCUT2D eigenvalue weighted by Gasteiger charge is 2.13. The van der Waals surface area contributed by atoms with Crippen LogP contribution >= 0.6 is 0 Å². The molecule has 5 heteroatoms. The van der Waals surface area contributed by atoms with Crippen LogP contribution in [0.3, 0.4) is 0 Å². The Hall–Kier alpha value is -2.27. The quantitative estimate of drug-likeness (QED) is 0.801. The second-order valence-corrected chi connectivity index (χ2v) is 5.66. The van der Waals surface area contributed by atoms with E-state index in [1.165, 1.54) is 0 Å². The minimum Gasteiger partial charge on any atom is -0.345 e. The van der Waals surface area contributed by atoms with Crippen molar-refractivity contribution >= 4 is 10.8 Å². The molecule has 0 saturated carbocycles. The molecule has 0 spiro atoms. The zero-order valence-corrected chi connectivity index (χ0v) is 11.5. The van der Waals surface area contributed by atoms with E-state index in [9.17, 15) is 4.21 Å². The summed E-state index contributed by atoms with van der Waals surface area (Å²) in [5.74, 6) is 1.13. The number of hydrogen-bond donors (Lipinski definition) is 1. The van der Waals surface area contributed by atoms with Crippen LogP contribution in [0.1, 0.15) is 5.69 Å². The van der Waals surface area contributed by atoms with Crippen LogP contribution in [0.25, 0.3) is 11.4 Å². The summed E-state index contributed by atoms with van der Waals surface area (Å²) in [6.45, 7) is 0. The van der Waals surface area contributed by atoms with E-state index in [1.807, 2.05) is 42.5 Å². The first kappa shape index (κ1) is 12.7. The summed E-state index contributed by atoms with van der Waals surface area (Å²) in [6.07, 6.45) is 5.16. The van der Waals surface area contributed by atoms with Crippen LogP contribution in [-0.4, -0.2) is 19.2 Å². The summed E-state index contributed by atoms with van der Waals surface area (Å²) in [7, 11) is -1.15. The third-order valence-electron chi connectivity index (χ3n) is 2.89. The molecule has 3 aromatic rings. The lowest BCUT2D eigenvalue weighted by molar-refractivity contribution is 0.682. The molecule has 0 fully saturated rings. The lowest BCUT2D eigenvalue weighted by atomic mass is 10.2. The predicted octanol–water partition coefficient (Wildman–Crippen LogP) is 2.78. The van der Waals surface area contributed by atoms with E-state index in [2.05, 4.69) is 15.0 Å². The van der Waals surface area contributed by atoms with Crippen molar-refractivity contribution in [2.75, 3.05) is 0 Å². The Morgan fingerprint density at radius 2 is 1.85 bits per heavy atom. The third-order valence-corrected chi connectivity index (χ3v) is 4.30. The topological polar surface area (TPSA) is 58.6 Å². The Balaban J connectivity index is 1.93. The van der Waals surface area contributed by atoms with Gasteiger partial charge in [-0.1, -0.05) is 24.3 Å². The van der Waals surface area contributed by atoms with Gasteiger partial charge < -0.3 is 4.98 Å². The Bertz CT molecular complexity index is 711. The van der Waals surface area contributed by atoms with Gasteiger partial charge in [-0.15, -0.1) is 0 Å². The molecule has 0 aliphatic rings. The highest BCUT2D eigenvalue weighted by molar-refractivity contribution is 7.84. The van der Waals surface area contributed by atoms with Crippen LogP contribution < -0.4 is 0 Å². The summed E-state index contributed by atoms with van der Waals surface area (Å²) >= 11 is 0. The lowest BCUT2D eigenvalue weighted by Crippen LogP contribution is -2.00. The maximum atomic E-state index is 12.6. The van der Waals surface area contributed by atoms with Gasteiger partial charge in [-0.3, -0.25) is 9.19 Å². The fraction of sp³-hybridized carbons (Fsp3) is 0.0667. The average Bonchev–Trinajstić information content (AvgIpc) is 3.02. The average molecular weight is 283 g/mol. The van der Waals surface area contributed by atoms with Crippen molar-refractivity contribution in [1.82, 2.24) is 15.0 Å². The molecule has 1 aromatic carbocycles. The molecule has 0 amide bonds. The Labute approximate surface area is 119 Å². The molecule has 1 unspecified atom stereocenters. The molecule has 2 aromatic heterocycles. The van der Waals surface area contributed by atoms with E-state index in [1.54, 1.807) is 18.6 Å². The normalized spacial score (nSPS) is 12.2. The number of H-pyrrole nitrogens is 1. The van der Waals surface area contributed by atoms with E-state index in [-0.39, 0.29) is 0 Å². The molecule has 2 heterocycles. The van der Waals surface area contributed by atoms with Gasteiger partial charge in [0.1, 0.15) is 5.82 Å². The van der Waals surface area contributed by atoms with Gasteiger partial charge in [0.2, 0.25) is 0 Å². The Morgan fingerprint density at radius 3 is 2.60 bits per heavy atom. The van der Waals surface area contributed by atoms with Gasteiger partial charge in [0.15, 0.2) is 0 Å². The van der Waals surface area contributed by atoms with Crippen LogP contribution in [0.2, 0.25) is 0 Å². The molecule has 1 atom stereocenters. The van der Waals surface area contributed by atoms with Crippen molar-refractivity contribution in [3.63, 3.8) is 0 Å². The van der Waals surface area contributed by atoms with Gasteiger partial charge in [-0.2, -0.15) is 0 Å². The standard InChI is InChI=1S/C15H13N3OS/c19-20(11-12-5-3-4-8-16-12)14-7-2-1-6-13(14)15-17-9-10-18-15/h1-10H,11H2,(H,17,18). The van der Waals surface area contributed by atoms with Crippen molar-refractivity contribution in [2.45, 2.75) is 10.6 Å². The van der Waals surface area contributed by atoms with Gasteiger partial charge in [0, 0.05) is 24.2 Å². The van der Waals surface area contributed by atoms with Crippen molar-refractivity contribution in [1.29, 1.82) is 0 Å². The van der Waals surface area contributed by atoms with Crippen LogP contribution in [0.5, 0.6) is 0 Å². The first-order valence-corrected chi connectivity index (χ1v) is 7.53. The van der Waals surface area contributed by atoms with E-state index < -0.39 is 10.8 Å².